The first-order chi connectivity index (χ1) is 13.0. The van der Waals surface area contributed by atoms with Crippen LogP contribution in [0.2, 0.25) is 0 Å². The van der Waals surface area contributed by atoms with Crippen molar-refractivity contribution >= 4 is 11.8 Å². The predicted octanol–water partition coefficient (Wildman–Crippen LogP) is 2.90. The molecule has 0 spiro atoms. The van der Waals surface area contributed by atoms with Gasteiger partial charge in [-0.1, -0.05) is 26.0 Å². The Bertz CT molecular complexity index is 820. The van der Waals surface area contributed by atoms with Gasteiger partial charge >= 0.3 is 0 Å². The Morgan fingerprint density at radius 1 is 1.00 bits per heavy atom. The minimum Gasteiger partial charge on any atom is -0.337 e. The number of hydrogen-bond donors (Lipinski definition) is 0. The maximum absolute atomic E-state index is 13.1. The first kappa shape index (κ1) is 19.0. The molecule has 0 unspecified atom stereocenters. The fourth-order valence-electron chi connectivity index (χ4n) is 3.29. The summed E-state index contributed by atoms with van der Waals surface area (Å²) in [6.07, 6.45) is 5.30. The average Bonchev–Trinajstić information content (AvgIpc) is 2.94. The van der Waals surface area contributed by atoms with Gasteiger partial charge in [0.25, 0.3) is 11.8 Å². The molecule has 1 saturated heterocycles. The molecule has 1 aliphatic heterocycles. The topological polar surface area (TPSA) is 66.4 Å². The fraction of sp³-hybridized carbons (Fsp3) is 0.429. The Hall–Kier alpha value is -2.76. The lowest BCUT2D eigenvalue weighted by Gasteiger charge is -2.23. The molecule has 3 rings (SSSR count). The summed E-state index contributed by atoms with van der Waals surface area (Å²) in [6.45, 7) is 8.51. The largest absolute Gasteiger partial charge is 0.337 e. The molecule has 2 amide bonds. The normalized spacial score (nSPS) is 15.0. The number of amides is 2. The number of aryl methyl sites for hydroxylation is 1. The standard InChI is InChI=1S/C21H26N4O2/c1-15(2)17-6-5-16(3)18(13-17)20(26)24-9-4-10-25(12-11-24)21(27)19-14-22-7-8-23-19/h5-8,13-15H,4,9-12H2,1-3H3. The van der Waals surface area contributed by atoms with Gasteiger partial charge in [-0.2, -0.15) is 0 Å². The van der Waals surface area contributed by atoms with E-state index in [1.807, 2.05) is 24.0 Å². The van der Waals surface area contributed by atoms with E-state index in [0.29, 0.717) is 37.8 Å². The molecule has 2 aromatic rings. The van der Waals surface area contributed by atoms with Crippen LogP contribution < -0.4 is 0 Å². The third kappa shape index (κ3) is 4.32. The zero-order valence-electron chi connectivity index (χ0n) is 16.2. The van der Waals surface area contributed by atoms with Crippen LogP contribution in [0.3, 0.4) is 0 Å². The second-order valence-electron chi connectivity index (χ2n) is 7.26. The Balaban J connectivity index is 1.72. The van der Waals surface area contributed by atoms with Gasteiger partial charge < -0.3 is 9.80 Å². The first-order valence-electron chi connectivity index (χ1n) is 9.42. The molecule has 1 fully saturated rings. The molecule has 0 atom stereocenters. The van der Waals surface area contributed by atoms with Crippen LogP contribution in [-0.2, 0) is 0 Å². The Labute approximate surface area is 160 Å². The third-order valence-electron chi connectivity index (χ3n) is 5.01. The molecule has 0 bridgehead atoms. The van der Waals surface area contributed by atoms with Crippen molar-refractivity contribution in [2.45, 2.75) is 33.1 Å². The Kier molecular flexibility index (Phi) is 5.84. The maximum atomic E-state index is 13.1. The van der Waals surface area contributed by atoms with E-state index < -0.39 is 0 Å². The van der Waals surface area contributed by atoms with Crippen LogP contribution in [0.25, 0.3) is 0 Å². The summed E-state index contributed by atoms with van der Waals surface area (Å²) in [5.41, 5.74) is 3.26. The summed E-state index contributed by atoms with van der Waals surface area (Å²) in [5, 5.41) is 0. The fourth-order valence-corrected chi connectivity index (χ4v) is 3.29. The van der Waals surface area contributed by atoms with E-state index in [2.05, 4.69) is 29.9 Å². The van der Waals surface area contributed by atoms with Crippen molar-refractivity contribution in [3.63, 3.8) is 0 Å². The lowest BCUT2D eigenvalue weighted by atomic mass is 9.97. The molecule has 2 heterocycles. The number of hydrogen-bond acceptors (Lipinski definition) is 4. The van der Waals surface area contributed by atoms with E-state index in [0.717, 1.165) is 17.5 Å². The second-order valence-corrected chi connectivity index (χ2v) is 7.26. The molecule has 1 aromatic heterocycles. The van der Waals surface area contributed by atoms with Crippen LogP contribution in [0.5, 0.6) is 0 Å². The van der Waals surface area contributed by atoms with Gasteiger partial charge in [-0.25, -0.2) is 4.98 Å². The molecule has 142 valence electrons. The molecule has 1 aliphatic rings. The minimum atomic E-state index is -0.129. The molecular weight excluding hydrogens is 340 g/mol. The Morgan fingerprint density at radius 3 is 2.33 bits per heavy atom. The van der Waals surface area contributed by atoms with Gasteiger partial charge in [-0.3, -0.25) is 14.6 Å². The summed E-state index contributed by atoms with van der Waals surface area (Å²) in [6, 6.07) is 6.11. The zero-order valence-corrected chi connectivity index (χ0v) is 16.2. The smallest absolute Gasteiger partial charge is 0.274 e. The number of nitrogens with zero attached hydrogens (tertiary/aromatic N) is 4. The molecule has 0 aliphatic carbocycles. The highest BCUT2D eigenvalue weighted by Gasteiger charge is 2.25. The van der Waals surface area contributed by atoms with E-state index in [4.69, 9.17) is 0 Å². The summed E-state index contributed by atoms with van der Waals surface area (Å²) in [4.78, 5) is 37.4. The number of carbonyl (C=O) groups excluding carboxylic acids is 2. The van der Waals surface area contributed by atoms with Crippen molar-refractivity contribution in [3.05, 3.63) is 59.2 Å². The van der Waals surface area contributed by atoms with Crippen molar-refractivity contribution in [2.24, 2.45) is 0 Å². The van der Waals surface area contributed by atoms with Crippen molar-refractivity contribution in [2.75, 3.05) is 26.2 Å². The van der Waals surface area contributed by atoms with Gasteiger partial charge in [0.2, 0.25) is 0 Å². The summed E-state index contributed by atoms with van der Waals surface area (Å²) < 4.78 is 0. The predicted molar refractivity (Wildman–Crippen MR) is 104 cm³/mol. The number of benzene rings is 1. The van der Waals surface area contributed by atoms with Crippen LogP contribution in [0, 0.1) is 6.92 Å². The quantitative estimate of drug-likeness (QED) is 0.838. The van der Waals surface area contributed by atoms with E-state index >= 15 is 0 Å². The SMILES string of the molecule is Cc1ccc(C(C)C)cc1C(=O)N1CCCN(C(=O)c2cnccn2)CC1. The van der Waals surface area contributed by atoms with Crippen molar-refractivity contribution in [3.8, 4) is 0 Å². The van der Waals surface area contributed by atoms with Crippen LogP contribution in [0.1, 0.15) is 58.2 Å². The second kappa shape index (κ2) is 8.29. The van der Waals surface area contributed by atoms with Gasteiger partial charge in [0.1, 0.15) is 5.69 Å². The highest BCUT2D eigenvalue weighted by atomic mass is 16.2. The maximum Gasteiger partial charge on any atom is 0.274 e. The van der Waals surface area contributed by atoms with E-state index in [9.17, 15) is 9.59 Å². The highest BCUT2D eigenvalue weighted by Crippen LogP contribution is 2.20. The molecule has 0 saturated carbocycles. The Morgan fingerprint density at radius 2 is 1.70 bits per heavy atom. The molecule has 27 heavy (non-hydrogen) atoms. The molecule has 6 nitrogen and oxygen atoms in total. The number of rotatable bonds is 3. The number of aromatic nitrogens is 2. The molecule has 6 heteroatoms. The van der Waals surface area contributed by atoms with Crippen molar-refractivity contribution in [1.82, 2.24) is 19.8 Å². The third-order valence-corrected chi connectivity index (χ3v) is 5.01. The average molecular weight is 366 g/mol. The van der Waals surface area contributed by atoms with Crippen molar-refractivity contribution < 1.29 is 9.59 Å². The molecular formula is C21H26N4O2. The van der Waals surface area contributed by atoms with E-state index in [1.165, 1.54) is 18.0 Å². The minimum absolute atomic E-state index is 0.0452. The molecule has 1 aromatic carbocycles. The summed E-state index contributed by atoms with van der Waals surface area (Å²) >= 11 is 0. The first-order valence-corrected chi connectivity index (χ1v) is 9.42. The molecule has 0 radical (unpaired) electrons. The van der Waals surface area contributed by atoms with E-state index in [-0.39, 0.29) is 11.8 Å². The van der Waals surface area contributed by atoms with Gasteiger partial charge in [0, 0.05) is 44.1 Å². The summed E-state index contributed by atoms with van der Waals surface area (Å²) in [5.74, 6) is 0.292. The van der Waals surface area contributed by atoms with Gasteiger partial charge in [0.15, 0.2) is 0 Å². The van der Waals surface area contributed by atoms with Crippen LogP contribution in [-0.4, -0.2) is 57.8 Å². The summed E-state index contributed by atoms with van der Waals surface area (Å²) in [7, 11) is 0. The van der Waals surface area contributed by atoms with Crippen molar-refractivity contribution in [1.29, 1.82) is 0 Å². The van der Waals surface area contributed by atoms with E-state index in [1.54, 1.807) is 11.1 Å². The highest BCUT2D eigenvalue weighted by molar-refractivity contribution is 5.96. The van der Waals surface area contributed by atoms with Crippen LogP contribution in [0.4, 0.5) is 0 Å². The van der Waals surface area contributed by atoms with Gasteiger partial charge in [0.05, 0.1) is 6.20 Å². The lowest BCUT2D eigenvalue weighted by molar-refractivity contribution is 0.0715. The molecule has 0 N–H and O–H groups in total. The van der Waals surface area contributed by atoms with Gasteiger partial charge in [-0.05, 0) is 36.5 Å². The zero-order chi connectivity index (χ0) is 19.4. The van der Waals surface area contributed by atoms with Crippen LogP contribution >= 0.6 is 0 Å². The monoisotopic (exact) mass is 366 g/mol. The van der Waals surface area contributed by atoms with Crippen LogP contribution in [0.15, 0.2) is 36.8 Å². The lowest BCUT2D eigenvalue weighted by Crippen LogP contribution is -2.37. The van der Waals surface area contributed by atoms with Gasteiger partial charge in [-0.15, -0.1) is 0 Å². The number of carbonyl (C=O) groups is 2.